The molecule has 3 aliphatic heterocycles. The zero-order chi connectivity index (χ0) is 29.5. The summed E-state index contributed by atoms with van der Waals surface area (Å²) in [5.41, 5.74) is -1.25. The van der Waals surface area contributed by atoms with E-state index >= 15 is 0 Å². The van der Waals surface area contributed by atoms with Gasteiger partial charge >= 0.3 is 0 Å². The van der Waals surface area contributed by atoms with Crippen LogP contribution in [0.25, 0.3) is 5.76 Å². The van der Waals surface area contributed by atoms with Gasteiger partial charge in [0.25, 0.3) is 17.6 Å². The van der Waals surface area contributed by atoms with Gasteiger partial charge in [0.1, 0.15) is 5.76 Å². The molecule has 0 radical (unpaired) electrons. The first-order valence-corrected chi connectivity index (χ1v) is 15.0. The number of fused-ring (bicyclic) bond motifs is 2. The number of para-hydroxylation sites is 1. The normalized spacial score (nSPS) is 22.8. The molecule has 0 bridgehead atoms. The number of rotatable bonds is 8. The van der Waals surface area contributed by atoms with E-state index in [1.54, 1.807) is 31.2 Å². The van der Waals surface area contributed by atoms with Gasteiger partial charge in [0, 0.05) is 57.9 Å². The molecule has 2 aromatic carbocycles. The second-order valence-electron chi connectivity index (χ2n) is 10.4. The van der Waals surface area contributed by atoms with E-state index in [4.69, 9.17) is 4.74 Å². The van der Waals surface area contributed by atoms with Crippen molar-refractivity contribution in [1.29, 1.82) is 0 Å². The van der Waals surface area contributed by atoms with Crippen LogP contribution in [-0.4, -0.2) is 105 Å². The van der Waals surface area contributed by atoms with Crippen molar-refractivity contribution in [3.63, 3.8) is 0 Å². The number of aliphatic hydroxyl groups is 1. The number of nitrogens with zero attached hydrogens (tertiary/aromatic N) is 4. The van der Waals surface area contributed by atoms with E-state index in [9.17, 15) is 27.9 Å². The number of sulfonamides is 1. The van der Waals surface area contributed by atoms with Crippen LogP contribution < -0.4 is 4.90 Å². The average molecular weight is 583 g/mol. The molecule has 0 aromatic heterocycles. The Kier molecular flexibility index (Phi) is 7.77. The summed E-state index contributed by atoms with van der Waals surface area (Å²) < 4.78 is 32.1. The highest BCUT2D eigenvalue weighted by Crippen LogP contribution is 2.53. The first kappa shape index (κ1) is 28.9. The monoisotopic (exact) mass is 582 g/mol. The van der Waals surface area contributed by atoms with E-state index in [1.165, 1.54) is 48.2 Å². The fraction of sp³-hybridized carbons (Fsp3) is 0.414. The van der Waals surface area contributed by atoms with Crippen molar-refractivity contribution in [3.05, 3.63) is 65.2 Å². The van der Waals surface area contributed by atoms with Gasteiger partial charge in [-0.05, 0) is 31.5 Å². The molecule has 1 spiro atoms. The third-order valence-corrected chi connectivity index (χ3v) is 9.78. The van der Waals surface area contributed by atoms with E-state index in [0.717, 1.165) is 17.4 Å². The zero-order valence-electron chi connectivity index (χ0n) is 23.4. The number of carbonyl (C=O) groups is 3. The lowest BCUT2D eigenvalue weighted by Gasteiger charge is -2.35. The van der Waals surface area contributed by atoms with Crippen molar-refractivity contribution < 1.29 is 32.6 Å². The van der Waals surface area contributed by atoms with Crippen LogP contribution in [0.15, 0.2) is 59.0 Å². The number of ketones is 1. The number of aliphatic hydroxyl groups excluding tert-OH is 1. The van der Waals surface area contributed by atoms with Crippen LogP contribution in [0, 0.1) is 0 Å². The number of ether oxygens (including phenoxy) is 1. The second kappa shape index (κ2) is 11.0. The number of likely N-dealkylation sites (tertiary alicyclic amines) is 1. The second-order valence-corrected chi connectivity index (χ2v) is 12.6. The van der Waals surface area contributed by atoms with Crippen LogP contribution >= 0.6 is 0 Å². The minimum absolute atomic E-state index is 0.0128. The minimum Gasteiger partial charge on any atom is -0.507 e. The lowest BCUT2D eigenvalue weighted by atomic mass is 9.82. The highest BCUT2D eigenvalue weighted by atomic mass is 32.2. The Morgan fingerprint density at radius 3 is 2.41 bits per heavy atom. The Balaban J connectivity index is 1.67. The molecule has 2 fully saturated rings. The van der Waals surface area contributed by atoms with Crippen LogP contribution in [-0.2, 0) is 34.7 Å². The standard InChI is InChI=1S/C29H34N4O7S/c1-4-32-23-12-6-5-11-22(23)29(28(32)37)24(25(34)20-9-7-10-21(19-20)41(38,39)30(2)3)26(35)27(36)33(29)14-8-13-31-15-17-40-18-16-31/h5-7,9-12,19,34H,4,8,13-18H2,1-3H3/t29-/m1/s1. The smallest absolute Gasteiger partial charge is 0.296 e. The van der Waals surface area contributed by atoms with E-state index in [0.29, 0.717) is 37.4 Å². The molecule has 0 aliphatic carbocycles. The fourth-order valence-electron chi connectivity index (χ4n) is 5.92. The van der Waals surface area contributed by atoms with Crippen LogP contribution in [0.1, 0.15) is 24.5 Å². The van der Waals surface area contributed by atoms with E-state index in [-0.39, 0.29) is 29.1 Å². The number of hydrogen-bond acceptors (Lipinski definition) is 8. The Labute approximate surface area is 239 Å². The Morgan fingerprint density at radius 2 is 1.73 bits per heavy atom. The Bertz CT molecular complexity index is 1530. The van der Waals surface area contributed by atoms with Crippen LogP contribution in [0.3, 0.4) is 0 Å². The van der Waals surface area contributed by atoms with Gasteiger partial charge in [0.15, 0.2) is 5.54 Å². The van der Waals surface area contributed by atoms with Gasteiger partial charge in [-0.3, -0.25) is 19.3 Å². The topological polar surface area (TPSA) is 128 Å². The number of hydrogen-bond donors (Lipinski definition) is 1. The van der Waals surface area contributed by atoms with Crippen molar-refractivity contribution in [2.24, 2.45) is 0 Å². The zero-order valence-corrected chi connectivity index (χ0v) is 24.2. The van der Waals surface area contributed by atoms with E-state index in [1.807, 2.05) is 0 Å². The summed E-state index contributed by atoms with van der Waals surface area (Å²) in [5, 5.41) is 11.7. The number of carbonyl (C=O) groups excluding carboxylic acids is 3. The first-order chi connectivity index (χ1) is 19.6. The third kappa shape index (κ3) is 4.55. The molecule has 5 rings (SSSR count). The molecule has 2 aromatic rings. The van der Waals surface area contributed by atoms with E-state index in [2.05, 4.69) is 4.90 Å². The Hall–Kier alpha value is -3.58. The van der Waals surface area contributed by atoms with Gasteiger partial charge in [-0.1, -0.05) is 30.3 Å². The third-order valence-electron chi connectivity index (χ3n) is 7.97. The van der Waals surface area contributed by atoms with Gasteiger partial charge in [-0.15, -0.1) is 0 Å². The predicted molar refractivity (Wildman–Crippen MR) is 152 cm³/mol. The molecule has 1 N–H and O–H groups in total. The summed E-state index contributed by atoms with van der Waals surface area (Å²) >= 11 is 0. The van der Waals surface area contributed by atoms with Crippen molar-refractivity contribution in [1.82, 2.24) is 14.1 Å². The highest BCUT2D eigenvalue weighted by Gasteiger charge is 2.66. The molecule has 3 heterocycles. The number of amides is 2. The first-order valence-electron chi connectivity index (χ1n) is 13.6. The summed E-state index contributed by atoms with van der Waals surface area (Å²) in [4.78, 5) is 46.7. The van der Waals surface area contributed by atoms with Gasteiger partial charge in [-0.25, -0.2) is 12.7 Å². The number of morpholine rings is 1. The summed E-state index contributed by atoms with van der Waals surface area (Å²) in [6.45, 7) is 5.56. The number of likely N-dealkylation sites (N-methyl/N-ethyl adjacent to an activating group) is 1. The lowest BCUT2D eigenvalue weighted by Crippen LogP contribution is -2.52. The van der Waals surface area contributed by atoms with Crippen LogP contribution in [0.2, 0.25) is 0 Å². The van der Waals surface area contributed by atoms with Gasteiger partial charge in [0.2, 0.25) is 10.0 Å². The van der Waals surface area contributed by atoms with E-state index < -0.39 is 38.9 Å². The lowest BCUT2D eigenvalue weighted by molar-refractivity contribution is -0.143. The maximum atomic E-state index is 14.4. The summed E-state index contributed by atoms with van der Waals surface area (Å²) in [6.07, 6.45) is 0.493. The molecular formula is C29H34N4O7S. The van der Waals surface area contributed by atoms with Gasteiger partial charge in [-0.2, -0.15) is 0 Å². The molecule has 2 saturated heterocycles. The SMILES string of the molecule is CCN1C(=O)[C@]2(C(=C(O)c3cccc(S(=O)(=O)N(C)C)c3)C(=O)C(=O)N2CCCN2CCOCC2)c2ccccc21. The molecule has 0 saturated carbocycles. The molecular weight excluding hydrogens is 548 g/mol. The summed E-state index contributed by atoms with van der Waals surface area (Å²) in [5.74, 6) is -2.98. The summed E-state index contributed by atoms with van der Waals surface area (Å²) in [6, 6.07) is 12.5. The van der Waals surface area contributed by atoms with Gasteiger partial charge in [0.05, 0.1) is 29.4 Å². The number of benzene rings is 2. The molecule has 3 aliphatic rings. The number of Topliss-reactive ketones (excluding diaryl/α,β-unsaturated/α-hetero) is 1. The highest BCUT2D eigenvalue weighted by molar-refractivity contribution is 7.89. The quantitative estimate of drug-likeness (QED) is 0.283. The minimum atomic E-state index is -3.87. The van der Waals surface area contributed by atoms with Crippen molar-refractivity contribution in [2.75, 3.05) is 64.9 Å². The predicted octanol–water partition coefficient (Wildman–Crippen LogP) is 1.60. The molecule has 0 unspecified atom stereocenters. The average Bonchev–Trinajstić information content (AvgIpc) is 3.35. The molecule has 1 atom stereocenters. The van der Waals surface area contributed by atoms with Crippen molar-refractivity contribution in [3.8, 4) is 0 Å². The van der Waals surface area contributed by atoms with Crippen molar-refractivity contribution >= 4 is 39.1 Å². The van der Waals surface area contributed by atoms with Crippen LogP contribution in [0.4, 0.5) is 5.69 Å². The number of anilines is 1. The molecule has 41 heavy (non-hydrogen) atoms. The largest absolute Gasteiger partial charge is 0.507 e. The maximum Gasteiger partial charge on any atom is 0.296 e. The molecule has 12 heteroatoms. The summed E-state index contributed by atoms with van der Waals surface area (Å²) in [7, 11) is -1.09. The van der Waals surface area contributed by atoms with Crippen LogP contribution in [0.5, 0.6) is 0 Å². The maximum absolute atomic E-state index is 14.4. The van der Waals surface area contributed by atoms with Gasteiger partial charge < -0.3 is 19.6 Å². The molecule has 2 amide bonds. The fourth-order valence-corrected chi connectivity index (χ4v) is 6.86. The Morgan fingerprint density at radius 1 is 1.02 bits per heavy atom. The molecule has 11 nitrogen and oxygen atoms in total. The molecule has 218 valence electrons. The van der Waals surface area contributed by atoms with Crippen molar-refractivity contribution in [2.45, 2.75) is 23.8 Å².